The number of alkyl halides is 3. The van der Waals surface area contributed by atoms with Crippen LogP contribution in [0, 0.1) is 0 Å². The SMILES string of the molecule is CCN(Cc1cccc(NC(=O)c2ccc(S(=O)(=O)NC(C)C)cc2)c1)C(=O)C(F)(F)F. The Labute approximate surface area is 184 Å². The Balaban J connectivity index is 2.12. The molecule has 174 valence electrons. The molecule has 32 heavy (non-hydrogen) atoms. The quantitative estimate of drug-likeness (QED) is 0.616. The van der Waals surface area contributed by atoms with Gasteiger partial charge in [0.2, 0.25) is 10.0 Å². The van der Waals surface area contributed by atoms with Crippen molar-refractivity contribution in [3.8, 4) is 0 Å². The summed E-state index contributed by atoms with van der Waals surface area (Å²) in [5, 5.41) is 2.61. The molecule has 2 rings (SSSR count). The van der Waals surface area contributed by atoms with E-state index in [4.69, 9.17) is 0 Å². The van der Waals surface area contributed by atoms with Gasteiger partial charge < -0.3 is 10.2 Å². The standard InChI is InChI=1S/C21H24F3N3O4S/c1-4-27(20(29)21(22,23)24)13-15-6-5-7-17(12-15)25-19(28)16-8-10-18(11-9-16)32(30,31)26-14(2)3/h5-12,14,26H,4,13H2,1-3H3,(H,25,28). The molecular formula is C21H24F3N3O4S. The van der Waals surface area contributed by atoms with Crippen molar-refractivity contribution in [2.75, 3.05) is 11.9 Å². The molecule has 0 radical (unpaired) electrons. The molecule has 2 amide bonds. The van der Waals surface area contributed by atoms with Crippen molar-refractivity contribution in [1.82, 2.24) is 9.62 Å². The molecule has 11 heteroatoms. The number of halogens is 3. The number of nitrogens with one attached hydrogen (secondary N) is 2. The molecule has 0 saturated carbocycles. The van der Waals surface area contributed by atoms with Gasteiger partial charge in [-0.1, -0.05) is 12.1 Å². The van der Waals surface area contributed by atoms with Crippen molar-refractivity contribution in [3.05, 3.63) is 59.7 Å². The molecule has 0 fully saturated rings. The third kappa shape index (κ3) is 6.79. The maximum atomic E-state index is 12.7. The first-order valence-corrected chi connectivity index (χ1v) is 11.2. The lowest BCUT2D eigenvalue weighted by Gasteiger charge is -2.22. The van der Waals surface area contributed by atoms with Gasteiger partial charge in [-0.3, -0.25) is 9.59 Å². The molecule has 0 aromatic heterocycles. The van der Waals surface area contributed by atoms with Gasteiger partial charge in [0.25, 0.3) is 5.91 Å². The molecule has 0 spiro atoms. The molecule has 0 atom stereocenters. The van der Waals surface area contributed by atoms with Crippen LogP contribution in [-0.4, -0.2) is 43.9 Å². The Morgan fingerprint density at radius 1 is 1.06 bits per heavy atom. The van der Waals surface area contributed by atoms with Gasteiger partial charge in [0.05, 0.1) is 4.90 Å². The first-order valence-electron chi connectivity index (χ1n) is 9.72. The summed E-state index contributed by atoms with van der Waals surface area (Å²) >= 11 is 0. The number of rotatable bonds is 8. The number of hydrogen-bond donors (Lipinski definition) is 2. The van der Waals surface area contributed by atoms with Crippen LogP contribution in [0.25, 0.3) is 0 Å². The van der Waals surface area contributed by atoms with E-state index in [1.54, 1.807) is 32.0 Å². The fourth-order valence-corrected chi connectivity index (χ4v) is 4.09. The molecule has 0 saturated heterocycles. The van der Waals surface area contributed by atoms with Crippen molar-refractivity contribution < 1.29 is 31.2 Å². The third-order valence-electron chi connectivity index (χ3n) is 4.29. The maximum Gasteiger partial charge on any atom is 0.471 e. The van der Waals surface area contributed by atoms with Crippen molar-refractivity contribution in [2.24, 2.45) is 0 Å². The number of anilines is 1. The first kappa shape index (κ1) is 25.3. The molecular weight excluding hydrogens is 447 g/mol. The van der Waals surface area contributed by atoms with Crippen LogP contribution in [0.1, 0.15) is 36.7 Å². The summed E-state index contributed by atoms with van der Waals surface area (Å²) in [4.78, 5) is 24.7. The number of nitrogens with zero attached hydrogens (tertiary/aromatic N) is 1. The van der Waals surface area contributed by atoms with E-state index in [1.165, 1.54) is 37.3 Å². The molecule has 0 aliphatic carbocycles. The molecule has 2 N–H and O–H groups in total. The average Bonchev–Trinajstić information content (AvgIpc) is 2.70. The number of carbonyl (C=O) groups excluding carboxylic acids is 2. The number of carbonyl (C=O) groups is 2. The highest BCUT2D eigenvalue weighted by molar-refractivity contribution is 7.89. The zero-order valence-corrected chi connectivity index (χ0v) is 18.5. The molecule has 0 bridgehead atoms. The highest BCUT2D eigenvalue weighted by Gasteiger charge is 2.41. The molecule has 0 heterocycles. The van der Waals surface area contributed by atoms with Gasteiger partial charge in [0.15, 0.2) is 0 Å². The van der Waals surface area contributed by atoms with E-state index in [1.807, 2.05) is 0 Å². The Hall–Kier alpha value is -2.92. The summed E-state index contributed by atoms with van der Waals surface area (Å²) in [7, 11) is -3.69. The molecule has 2 aromatic rings. The van der Waals surface area contributed by atoms with E-state index in [2.05, 4.69) is 10.0 Å². The van der Waals surface area contributed by atoms with Gasteiger partial charge in [-0.05, 0) is 62.7 Å². The Morgan fingerprint density at radius 2 is 1.69 bits per heavy atom. The second-order valence-electron chi connectivity index (χ2n) is 7.27. The number of sulfonamides is 1. The normalized spacial score (nSPS) is 12.0. The van der Waals surface area contributed by atoms with Crippen molar-refractivity contribution in [3.63, 3.8) is 0 Å². The van der Waals surface area contributed by atoms with Crippen LogP contribution < -0.4 is 10.0 Å². The molecule has 0 unspecified atom stereocenters. The van der Waals surface area contributed by atoms with Crippen molar-refractivity contribution in [2.45, 2.75) is 44.4 Å². The number of benzene rings is 2. The topological polar surface area (TPSA) is 95.6 Å². The largest absolute Gasteiger partial charge is 0.471 e. The average molecular weight is 472 g/mol. The predicted molar refractivity (Wildman–Crippen MR) is 113 cm³/mol. The van der Waals surface area contributed by atoms with Gasteiger partial charge in [0.1, 0.15) is 0 Å². The smallest absolute Gasteiger partial charge is 0.331 e. The van der Waals surface area contributed by atoms with Gasteiger partial charge in [-0.15, -0.1) is 0 Å². The van der Waals surface area contributed by atoms with Gasteiger partial charge >= 0.3 is 12.1 Å². The lowest BCUT2D eigenvalue weighted by atomic mass is 10.1. The summed E-state index contributed by atoms with van der Waals surface area (Å²) in [6, 6.07) is 11.1. The highest BCUT2D eigenvalue weighted by Crippen LogP contribution is 2.21. The Morgan fingerprint density at radius 3 is 2.22 bits per heavy atom. The minimum Gasteiger partial charge on any atom is -0.331 e. The zero-order chi connectivity index (χ0) is 24.1. The van der Waals surface area contributed by atoms with E-state index >= 15 is 0 Å². The Bertz CT molecular complexity index is 1070. The van der Waals surface area contributed by atoms with Crippen molar-refractivity contribution >= 4 is 27.5 Å². The number of hydrogen-bond acceptors (Lipinski definition) is 4. The van der Waals surface area contributed by atoms with Crippen LogP contribution in [0.3, 0.4) is 0 Å². The van der Waals surface area contributed by atoms with Gasteiger partial charge in [-0.2, -0.15) is 13.2 Å². The Kier molecular flexibility index (Phi) is 8.02. The number of amides is 2. The molecule has 0 aliphatic rings. The van der Waals surface area contributed by atoms with Crippen LogP contribution in [-0.2, 0) is 21.4 Å². The van der Waals surface area contributed by atoms with Crippen LogP contribution >= 0.6 is 0 Å². The summed E-state index contributed by atoms with van der Waals surface area (Å²) in [6.07, 6.45) is -4.97. The maximum absolute atomic E-state index is 12.7. The summed E-state index contributed by atoms with van der Waals surface area (Å²) < 4.78 is 64.9. The van der Waals surface area contributed by atoms with Crippen molar-refractivity contribution in [1.29, 1.82) is 0 Å². The second-order valence-corrected chi connectivity index (χ2v) is 8.99. The fourth-order valence-electron chi connectivity index (χ4n) is 2.84. The summed E-state index contributed by atoms with van der Waals surface area (Å²) in [5.74, 6) is -2.46. The molecule has 0 aliphatic heterocycles. The van der Waals surface area contributed by atoms with E-state index in [9.17, 15) is 31.2 Å². The van der Waals surface area contributed by atoms with Crippen LogP contribution in [0.2, 0.25) is 0 Å². The lowest BCUT2D eigenvalue weighted by molar-refractivity contribution is -0.185. The van der Waals surface area contributed by atoms with E-state index in [0.717, 1.165) is 0 Å². The minimum absolute atomic E-state index is 0.0127. The van der Waals surface area contributed by atoms with E-state index in [-0.39, 0.29) is 29.6 Å². The van der Waals surface area contributed by atoms with Crippen LogP contribution in [0.5, 0.6) is 0 Å². The highest BCUT2D eigenvalue weighted by atomic mass is 32.2. The van der Waals surface area contributed by atoms with E-state index in [0.29, 0.717) is 16.2 Å². The van der Waals surface area contributed by atoms with E-state index < -0.39 is 28.0 Å². The summed E-state index contributed by atoms with van der Waals surface area (Å²) in [5.41, 5.74) is 0.922. The second kappa shape index (κ2) is 10.1. The minimum atomic E-state index is -4.97. The zero-order valence-electron chi connectivity index (χ0n) is 17.7. The third-order valence-corrected chi connectivity index (χ3v) is 5.96. The molecule has 7 nitrogen and oxygen atoms in total. The fraction of sp³-hybridized carbons (Fsp3) is 0.333. The lowest BCUT2D eigenvalue weighted by Crippen LogP contribution is -2.40. The summed E-state index contributed by atoms with van der Waals surface area (Å²) in [6.45, 7) is 4.41. The van der Waals surface area contributed by atoms with Gasteiger partial charge in [0, 0.05) is 30.4 Å². The predicted octanol–water partition coefficient (Wildman–Crippen LogP) is 3.54. The molecule has 2 aromatic carbocycles. The van der Waals surface area contributed by atoms with Crippen LogP contribution in [0.15, 0.2) is 53.4 Å². The van der Waals surface area contributed by atoms with Crippen LogP contribution in [0.4, 0.5) is 18.9 Å². The monoisotopic (exact) mass is 471 g/mol. The van der Waals surface area contributed by atoms with Gasteiger partial charge in [-0.25, -0.2) is 13.1 Å². The first-order chi connectivity index (χ1) is 14.8.